The summed E-state index contributed by atoms with van der Waals surface area (Å²) < 4.78 is 46.3. The van der Waals surface area contributed by atoms with E-state index in [1.54, 1.807) is 7.11 Å². The van der Waals surface area contributed by atoms with Gasteiger partial charge in [0.05, 0.1) is 17.5 Å². The molecule has 3 aromatic carbocycles. The largest absolute Gasteiger partial charge is 0.497 e. The normalized spacial score (nSPS) is 11.7. The fourth-order valence-corrected chi connectivity index (χ4v) is 4.74. The van der Waals surface area contributed by atoms with E-state index in [0.717, 1.165) is 28.8 Å². The van der Waals surface area contributed by atoms with Crippen LogP contribution in [0.4, 0.5) is 10.2 Å². The van der Waals surface area contributed by atoms with E-state index >= 15 is 0 Å². The lowest BCUT2D eigenvalue weighted by atomic mass is 10.2. The molecule has 0 radical (unpaired) electrons. The molecule has 8 nitrogen and oxygen atoms in total. The summed E-state index contributed by atoms with van der Waals surface area (Å²) in [7, 11) is -2.46. The molecule has 5 rings (SSSR count). The van der Waals surface area contributed by atoms with Gasteiger partial charge >= 0.3 is 0 Å². The molecule has 2 heterocycles. The first-order chi connectivity index (χ1) is 16.0. The lowest BCUT2D eigenvalue weighted by Gasteiger charge is -2.11. The van der Waals surface area contributed by atoms with Gasteiger partial charge in [-0.3, -0.25) is 0 Å². The lowest BCUT2D eigenvalue weighted by Crippen LogP contribution is -2.07. The minimum absolute atomic E-state index is 0.0789. The molecule has 0 fully saturated rings. The summed E-state index contributed by atoms with van der Waals surface area (Å²) in [4.78, 5) is 4.48. The lowest BCUT2D eigenvalue weighted by molar-refractivity contribution is 0.414. The monoisotopic (exact) mass is 463 g/mol. The average Bonchev–Trinajstić information content (AvgIpc) is 3.28. The number of hydrogen-bond donors (Lipinski definition) is 1. The Morgan fingerprint density at radius 1 is 1.00 bits per heavy atom. The summed E-state index contributed by atoms with van der Waals surface area (Å²) in [5.41, 5.74) is 1.72. The van der Waals surface area contributed by atoms with Gasteiger partial charge in [0.25, 0.3) is 0 Å². The highest BCUT2D eigenvalue weighted by Gasteiger charge is 2.27. The minimum Gasteiger partial charge on any atom is -0.497 e. The molecule has 0 saturated heterocycles. The van der Waals surface area contributed by atoms with E-state index in [-0.39, 0.29) is 15.6 Å². The predicted octanol–water partition coefficient (Wildman–Crippen LogP) is 3.87. The molecule has 0 atom stereocenters. The van der Waals surface area contributed by atoms with Crippen molar-refractivity contribution >= 4 is 32.2 Å². The summed E-state index contributed by atoms with van der Waals surface area (Å²) in [6.07, 6.45) is 0. The summed E-state index contributed by atoms with van der Waals surface area (Å²) in [6, 6.07) is 19.5. The van der Waals surface area contributed by atoms with E-state index in [9.17, 15) is 12.8 Å². The van der Waals surface area contributed by atoms with E-state index in [4.69, 9.17) is 4.74 Å². The van der Waals surface area contributed by atoms with Crippen molar-refractivity contribution < 1.29 is 17.5 Å². The number of para-hydroxylation sites is 1. The number of hydrogen-bond acceptors (Lipinski definition) is 7. The van der Waals surface area contributed by atoms with Crippen molar-refractivity contribution in [1.82, 2.24) is 19.8 Å². The first-order valence-electron chi connectivity index (χ1n) is 9.99. The number of fused-ring (bicyclic) bond motifs is 3. The Kier molecular flexibility index (Phi) is 5.14. The van der Waals surface area contributed by atoms with Crippen LogP contribution in [0.25, 0.3) is 16.6 Å². The van der Waals surface area contributed by atoms with Gasteiger partial charge < -0.3 is 10.1 Å². The number of ether oxygens (including phenoxy) is 1. The van der Waals surface area contributed by atoms with Gasteiger partial charge in [0.2, 0.25) is 14.9 Å². The van der Waals surface area contributed by atoms with E-state index in [0.29, 0.717) is 17.9 Å². The zero-order valence-electron chi connectivity index (χ0n) is 17.4. The van der Waals surface area contributed by atoms with Gasteiger partial charge in [0.15, 0.2) is 5.65 Å². The van der Waals surface area contributed by atoms with E-state index < -0.39 is 15.7 Å². The second kappa shape index (κ2) is 8.14. The van der Waals surface area contributed by atoms with Crippen LogP contribution in [0.1, 0.15) is 5.56 Å². The van der Waals surface area contributed by atoms with Crippen molar-refractivity contribution in [3.05, 3.63) is 84.2 Å². The fraction of sp³-hybridized carbons (Fsp3) is 0.0870. The highest BCUT2D eigenvalue weighted by atomic mass is 32.2. The molecule has 1 N–H and O–H groups in total. The number of rotatable bonds is 6. The molecule has 0 spiro atoms. The Bertz CT molecular complexity index is 1570. The molecule has 0 unspecified atom stereocenters. The number of nitrogens with one attached hydrogen (secondary N) is 1. The second-order valence-electron chi connectivity index (χ2n) is 7.27. The van der Waals surface area contributed by atoms with Gasteiger partial charge in [0.1, 0.15) is 17.4 Å². The first kappa shape index (κ1) is 20.8. The van der Waals surface area contributed by atoms with Gasteiger partial charge in [0, 0.05) is 11.9 Å². The van der Waals surface area contributed by atoms with Crippen LogP contribution < -0.4 is 10.1 Å². The van der Waals surface area contributed by atoms with Gasteiger partial charge in [-0.05, 0) is 54.1 Å². The number of benzene rings is 3. The number of sulfone groups is 1. The van der Waals surface area contributed by atoms with Crippen molar-refractivity contribution in [2.24, 2.45) is 0 Å². The van der Waals surface area contributed by atoms with Crippen molar-refractivity contribution in [3.63, 3.8) is 0 Å². The number of anilines is 1. The number of methoxy groups -OCH3 is 1. The molecule has 0 saturated carbocycles. The topological polar surface area (TPSA) is 98.5 Å². The molecule has 5 aromatic rings. The summed E-state index contributed by atoms with van der Waals surface area (Å²) >= 11 is 0. The standard InChI is InChI=1S/C23H18FN5O3S/c1-32-17-10-6-15(7-11-17)14-25-21-19-4-2-3-5-20(19)29-22(26-21)23(27-28-29)33(30,31)18-12-8-16(24)9-13-18/h2-13H,14H2,1H3,(H,25,26). The third-order valence-electron chi connectivity index (χ3n) is 5.22. The zero-order valence-corrected chi connectivity index (χ0v) is 18.3. The highest BCUT2D eigenvalue weighted by Crippen LogP contribution is 2.28. The number of aromatic nitrogens is 4. The fourth-order valence-electron chi connectivity index (χ4n) is 3.51. The van der Waals surface area contributed by atoms with Crippen LogP contribution in [0, 0.1) is 5.82 Å². The first-order valence-corrected chi connectivity index (χ1v) is 11.5. The van der Waals surface area contributed by atoms with E-state index in [1.165, 1.54) is 16.6 Å². The maximum absolute atomic E-state index is 13.3. The quantitative estimate of drug-likeness (QED) is 0.382. The maximum atomic E-state index is 13.3. The third-order valence-corrected chi connectivity index (χ3v) is 6.89. The van der Waals surface area contributed by atoms with Crippen LogP contribution in [-0.4, -0.2) is 35.3 Å². The zero-order chi connectivity index (χ0) is 23.0. The molecule has 33 heavy (non-hydrogen) atoms. The SMILES string of the molecule is COc1ccc(CNc2nc3c(S(=O)(=O)c4ccc(F)cc4)nnn3c3ccccc23)cc1. The summed E-state index contributed by atoms with van der Waals surface area (Å²) in [5.74, 6) is 0.715. The average molecular weight is 463 g/mol. The Morgan fingerprint density at radius 2 is 1.73 bits per heavy atom. The predicted molar refractivity (Wildman–Crippen MR) is 120 cm³/mol. The molecule has 0 aliphatic rings. The smallest absolute Gasteiger partial charge is 0.229 e. The molecule has 0 aliphatic heterocycles. The molecular formula is C23H18FN5O3S. The molecular weight excluding hydrogens is 445 g/mol. The van der Waals surface area contributed by atoms with Gasteiger partial charge in [-0.2, -0.15) is 4.52 Å². The third kappa shape index (κ3) is 3.74. The van der Waals surface area contributed by atoms with Gasteiger partial charge in [-0.1, -0.05) is 29.5 Å². The van der Waals surface area contributed by atoms with E-state index in [1.807, 2.05) is 48.5 Å². The van der Waals surface area contributed by atoms with Crippen molar-refractivity contribution in [2.45, 2.75) is 16.5 Å². The molecule has 0 bridgehead atoms. The Balaban J connectivity index is 1.61. The molecule has 0 aliphatic carbocycles. The molecule has 2 aromatic heterocycles. The number of halogens is 1. The summed E-state index contributed by atoms with van der Waals surface area (Å²) in [5, 5.41) is 11.7. The van der Waals surface area contributed by atoms with Crippen LogP contribution in [0.5, 0.6) is 5.75 Å². The van der Waals surface area contributed by atoms with Crippen LogP contribution in [0.2, 0.25) is 0 Å². The van der Waals surface area contributed by atoms with Crippen molar-refractivity contribution in [3.8, 4) is 5.75 Å². The second-order valence-corrected chi connectivity index (χ2v) is 9.13. The van der Waals surface area contributed by atoms with Crippen LogP contribution in [0.15, 0.2) is 82.7 Å². The van der Waals surface area contributed by atoms with Crippen LogP contribution in [-0.2, 0) is 16.4 Å². The maximum Gasteiger partial charge on any atom is 0.229 e. The Morgan fingerprint density at radius 3 is 2.45 bits per heavy atom. The van der Waals surface area contributed by atoms with Crippen LogP contribution >= 0.6 is 0 Å². The van der Waals surface area contributed by atoms with Crippen LogP contribution in [0.3, 0.4) is 0 Å². The van der Waals surface area contributed by atoms with Gasteiger partial charge in [-0.15, -0.1) is 5.10 Å². The van der Waals surface area contributed by atoms with Crippen molar-refractivity contribution in [2.75, 3.05) is 12.4 Å². The van der Waals surface area contributed by atoms with Gasteiger partial charge in [-0.25, -0.2) is 17.8 Å². The number of nitrogens with zero attached hydrogens (tertiary/aromatic N) is 4. The van der Waals surface area contributed by atoms with E-state index in [2.05, 4.69) is 20.6 Å². The Labute approximate surface area is 188 Å². The molecule has 166 valence electrons. The Hall–Kier alpha value is -4.05. The molecule has 0 amide bonds. The van der Waals surface area contributed by atoms with Crippen molar-refractivity contribution in [1.29, 1.82) is 0 Å². The summed E-state index contributed by atoms with van der Waals surface area (Å²) in [6.45, 7) is 0.457. The minimum atomic E-state index is -4.06. The molecule has 10 heteroatoms. The highest BCUT2D eigenvalue weighted by molar-refractivity contribution is 7.91.